The average molecular weight is 106 g/mol. The standard InChI is InChI=1S/C8H10/c1-7-4-3-5-8(2)6-7/h3-5H,1,6H2,2H3. The maximum absolute atomic E-state index is 3.84. The van der Waals surface area contributed by atoms with Crippen LogP contribution in [-0.4, -0.2) is 0 Å². The van der Waals surface area contributed by atoms with E-state index in [-0.39, 0.29) is 0 Å². The fraction of sp³-hybridized carbons (Fsp3) is 0.250. The summed E-state index contributed by atoms with van der Waals surface area (Å²) >= 11 is 0. The van der Waals surface area contributed by atoms with Crippen molar-refractivity contribution in [3.63, 3.8) is 0 Å². The lowest BCUT2D eigenvalue weighted by molar-refractivity contribution is 1.14. The SMILES string of the molecule is C=C1C=CC=C(C)C1. The molecule has 0 aromatic heterocycles. The van der Waals surface area contributed by atoms with Gasteiger partial charge in [0.2, 0.25) is 0 Å². The molecule has 0 aliphatic heterocycles. The number of allylic oxidation sites excluding steroid dienone is 5. The van der Waals surface area contributed by atoms with Gasteiger partial charge in [0.15, 0.2) is 0 Å². The molecule has 0 bridgehead atoms. The van der Waals surface area contributed by atoms with Crippen LogP contribution in [-0.2, 0) is 0 Å². The third-order valence-electron chi connectivity index (χ3n) is 1.22. The summed E-state index contributed by atoms with van der Waals surface area (Å²) in [5.74, 6) is 0. The molecule has 8 heavy (non-hydrogen) atoms. The largest absolute Gasteiger partial charge is 0.0955 e. The van der Waals surface area contributed by atoms with Crippen LogP contribution in [0.5, 0.6) is 0 Å². The van der Waals surface area contributed by atoms with Gasteiger partial charge < -0.3 is 0 Å². The van der Waals surface area contributed by atoms with Crippen molar-refractivity contribution in [2.45, 2.75) is 13.3 Å². The summed E-state index contributed by atoms with van der Waals surface area (Å²) in [6.45, 7) is 5.96. The summed E-state index contributed by atoms with van der Waals surface area (Å²) in [5.41, 5.74) is 2.61. The first-order valence-corrected chi connectivity index (χ1v) is 2.80. The second-order valence-corrected chi connectivity index (χ2v) is 2.21. The van der Waals surface area contributed by atoms with Gasteiger partial charge in [-0.15, -0.1) is 0 Å². The van der Waals surface area contributed by atoms with Crippen LogP contribution in [0.2, 0.25) is 0 Å². The predicted octanol–water partition coefficient (Wildman–Crippen LogP) is 2.45. The van der Waals surface area contributed by atoms with E-state index in [1.807, 2.05) is 12.2 Å². The highest BCUT2D eigenvalue weighted by Crippen LogP contribution is 2.13. The summed E-state index contributed by atoms with van der Waals surface area (Å²) in [6.07, 6.45) is 7.26. The van der Waals surface area contributed by atoms with E-state index >= 15 is 0 Å². The van der Waals surface area contributed by atoms with Crippen molar-refractivity contribution in [1.29, 1.82) is 0 Å². The lowest BCUT2D eigenvalue weighted by Crippen LogP contribution is -1.83. The Morgan fingerprint density at radius 1 is 1.62 bits per heavy atom. The Hall–Kier alpha value is -0.780. The number of rotatable bonds is 0. The highest BCUT2D eigenvalue weighted by Gasteiger charge is 1.93. The Kier molecular flexibility index (Phi) is 1.34. The molecule has 0 radical (unpaired) electrons. The molecule has 1 aliphatic carbocycles. The molecule has 0 saturated heterocycles. The molecule has 0 atom stereocenters. The molecule has 0 aromatic carbocycles. The predicted molar refractivity (Wildman–Crippen MR) is 36.7 cm³/mol. The van der Waals surface area contributed by atoms with Gasteiger partial charge in [-0.2, -0.15) is 0 Å². The minimum Gasteiger partial charge on any atom is -0.0955 e. The van der Waals surface area contributed by atoms with Crippen molar-refractivity contribution in [1.82, 2.24) is 0 Å². The second-order valence-electron chi connectivity index (χ2n) is 2.21. The molecule has 0 unspecified atom stereocenters. The molecule has 0 heterocycles. The summed E-state index contributed by atoms with van der Waals surface area (Å²) in [5, 5.41) is 0. The maximum Gasteiger partial charge on any atom is -0.00726 e. The van der Waals surface area contributed by atoms with E-state index < -0.39 is 0 Å². The van der Waals surface area contributed by atoms with Gasteiger partial charge in [-0.3, -0.25) is 0 Å². The van der Waals surface area contributed by atoms with Crippen LogP contribution in [0, 0.1) is 0 Å². The van der Waals surface area contributed by atoms with Crippen LogP contribution in [0.15, 0.2) is 36.0 Å². The quantitative estimate of drug-likeness (QED) is 0.445. The van der Waals surface area contributed by atoms with E-state index in [1.54, 1.807) is 0 Å². The van der Waals surface area contributed by atoms with Gasteiger partial charge in [-0.05, 0) is 13.3 Å². The normalized spacial score (nSPS) is 18.6. The highest BCUT2D eigenvalue weighted by molar-refractivity contribution is 5.31. The molecule has 42 valence electrons. The van der Waals surface area contributed by atoms with Gasteiger partial charge in [-0.25, -0.2) is 0 Å². The molecule has 0 amide bonds. The van der Waals surface area contributed by atoms with Crippen LogP contribution >= 0.6 is 0 Å². The Bertz CT molecular complexity index is 159. The molecule has 0 spiro atoms. The molecular weight excluding hydrogens is 96.1 g/mol. The molecule has 0 heteroatoms. The lowest BCUT2D eigenvalue weighted by Gasteiger charge is -2.03. The Labute approximate surface area is 50.2 Å². The Morgan fingerprint density at radius 2 is 2.38 bits per heavy atom. The molecule has 0 saturated carbocycles. The molecule has 0 N–H and O–H groups in total. The van der Waals surface area contributed by atoms with Crippen LogP contribution in [0.1, 0.15) is 13.3 Å². The topological polar surface area (TPSA) is 0 Å². The Balaban J connectivity index is 2.73. The molecular formula is C8H10. The summed E-state index contributed by atoms with van der Waals surface area (Å²) < 4.78 is 0. The minimum atomic E-state index is 1.05. The van der Waals surface area contributed by atoms with E-state index in [0.29, 0.717) is 0 Å². The van der Waals surface area contributed by atoms with Crippen molar-refractivity contribution >= 4 is 0 Å². The second kappa shape index (κ2) is 1.99. The van der Waals surface area contributed by atoms with Gasteiger partial charge in [0, 0.05) is 0 Å². The number of hydrogen-bond donors (Lipinski definition) is 0. The Morgan fingerprint density at radius 3 is 2.75 bits per heavy atom. The van der Waals surface area contributed by atoms with E-state index in [4.69, 9.17) is 0 Å². The van der Waals surface area contributed by atoms with Crippen molar-refractivity contribution in [3.8, 4) is 0 Å². The van der Waals surface area contributed by atoms with E-state index in [9.17, 15) is 0 Å². The zero-order valence-electron chi connectivity index (χ0n) is 5.15. The molecule has 1 aliphatic rings. The van der Waals surface area contributed by atoms with Gasteiger partial charge >= 0.3 is 0 Å². The zero-order valence-corrected chi connectivity index (χ0v) is 5.15. The zero-order chi connectivity index (χ0) is 5.98. The van der Waals surface area contributed by atoms with E-state index in [2.05, 4.69) is 19.6 Å². The van der Waals surface area contributed by atoms with Crippen molar-refractivity contribution < 1.29 is 0 Å². The maximum atomic E-state index is 3.84. The first-order chi connectivity index (χ1) is 3.79. The van der Waals surface area contributed by atoms with Crippen LogP contribution in [0.4, 0.5) is 0 Å². The first kappa shape index (κ1) is 5.36. The highest BCUT2D eigenvalue weighted by atomic mass is 14.0. The fourth-order valence-corrected chi connectivity index (χ4v) is 0.824. The minimum absolute atomic E-state index is 1.05. The van der Waals surface area contributed by atoms with Crippen molar-refractivity contribution in [2.24, 2.45) is 0 Å². The fourth-order valence-electron chi connectivity index (χ4n) is 0.824. The summed E-state index contributed by atoms with van der Waals surface area (Å²) in [7, 11) is 0. The van der Waals surface area contributed by atoms with Crippen LogP contribution in [0.3, 0.4) is 0 Å². The molecule has 0 nitrogen and oxygen atoms in total. The van der Waals surface area contributed by atoms with E-state index in [0.717, 1.165) is 6.42 Å². The van der Waals surface area contributed by atoms with Gasteiger partial charge in [0.1, 0.15) is 0 Å². The van der Waals surface area contributed by atoms with Gasteiger partial charge in [-0.1, -0.05) is 36.0 Å². The molecule has 0 aromatic rings. The monoisotopic (exact) mass is 106 g/mol. The average Bonchev–Trinajstić information content (AvgIpc) is 1.64. The third kappa shape index (κ3) is 1.09. The van der Waals surface area contributed by atoms with E-state index in [1.165, 1.54) is 11.1 Å². The summed E-state index contributed by atoms with van der Waals surface area (Å²) in [4.78, 5) is 0. The van der Waals surface area contributed by atoms with Crippen molar-refractivity contribution in [3.05, 3.63) is 36.0 Å². The van der Waals surface area contributed by atoms with Gasteiger partial charge in [0.05, 0.1) is 0 Å². The molecule has 0 fully saturated rings. The lowest BCUT2D eigenvalue weighted by atomic mass is 10.0. The summed E-state index contributed by atoms with van der Waals surface area (Å²) in [6, 6.07) is 0. The first-order valence-electron chi connectivity index (χ1n) is 2.80. The van der Waals surface area contributed by atoms with Crippen molar-refractivity contribution in [2.75, 3.05) is 0 Å². The molecule has 1 rings (SSSR count). The smallest absolute Gasteiger partial charge is 0.00726 e. The number of hydrogen-bond acceptors (Lipinski definition) is 0. The van der Waals surface area contributed by atoms with Crippen LogP contribution in [0.25, 0.3) is 0 Å². The van der Waals surface area contributed by atoms with Gasteiger partial charge in [0.25, 0.3) is 0 Å². The van der Waals surface area contributed by atoms with Crippen LogP contribution < -0.4 is 0 Å². The third-order valence-corrected chi connectivity index (χ3v) is 1.22.